The summed E-state index contributed by atoms with van der Waals surface area (Å²) in [6.45, 7) is 2.44. The molecule has 1 saturated heterocycles. The van der Waals surface area contributed by atoms with E-state index in [1.807, 2.05) is 19.1 Å². The zero-order chi connectivity index (χ0) is 18.5. The van der Waals surface area contributed by atoms with Crippen LogP contribution in [0.25, 0.3) is 6.08 Å². The van der Waals surface area contributed by atoms with Gasteiger partial charge in [0.05, 0.1) is 24.3 Å². The quantitative estimate of drug-likeness (QED) is 0.753. The van der Waals surface area contributed by atoms with Crippen molar-refractivity contribution >= 4 is 29.4 Å². The molecule has 1 heterocycles. The number of carbonyl (C=O) groups is 1. The van der Waals surface area contributed by atoms with Gasteiger partial charge in [0.1, 0.15) is 5.82 Å². The molecule has 26 heavy (non-hydrogen) atoms. The largest absolute Gasteiger partial charge is 0.493 e. The molecule has 0 aliphatic carbocycles. The summed E-state index contributed by atoms with van der Waals surface area (Å²) in [4.78, 5) is 12.7. The molecule has 1 unspecified atom stereocenters. The third-order valence-corrected chi connectivity index (χ3v) is 4.71. The Bertz CT molecular complexity index is 841. The molecule has 0 saturated carbocycles. The van der Waals surface area contributed by atoms with Crippen LogP contribution < -0.4 is 20.1 Å². The van der Waals surface area contributed by atoms with Gasteiger partial charge in [-0.05, 0) is 42.8 Å². The summed E-state index contributed by atoms with van der Waals surface area (Å²) < 4.78 is 24.6. The highest BCUT2D eigenvalue weighted by Crippen LogP contribution is 2.33. The summed E-state index contributed by atoms with van der Waals surface area (Å²) in [5.74, 6) is 0.679. The molecule has 1 aliphatic rings. The van der Waals surface area contributed by atoms with Gasteiger partial charge in [0, 0.05) is 0 Å². The van der Waals surface area contributed by atoms with Crippen molar-refractivity contribution in [1.29, 1.82) is 0 Å². The Kier molecular flexibility index (Phi) is 5.68. The highest BCUT2D eigenvalue weighted by Gasteiger charge is 2.27. The second kappa shape index (κ2) is 8.14. The van der Waals surface area contributed by atoms with E-state index in [0.717, 1.165) is 5.56 Å². The van der Waals surface area contributed by atoms with Crippen molar-refractivity contribution in [3.63, 3.8) is 0 Å². The molecule has 7 heteroatoms. The number of para-hydroxylation sites is 1. The second-order valence-corrected chi connectivity index (χ2v) is 6.59. The molecule has 136 valence electrons. The molecule has 1 amide bonds. The van der Waals surface area contributed by atoms with Crippen LogP contribution >= 0.6 is 11.8 Å². The average molecular weight is 374 g/mol. The highest BCUT2D eigenvalue weighted by molar-refractivity contribution is 8.05. The number of nitrogens with one attached hydrogen (secondary N) is 2. The first-order valence-corrected chi connectivity index (χ1v) is 8.99. The summed E-state index contributed by atoms with van der Waals surface area (Å²) in [6.07, 6.45) is 1.77. The first kappa shape index (κ1) is 18.1. The summed E-state index contributed by atoms with van der Waals surface area (Å²) >= 11 is 1.30. The van der Waals surface area contributed by atoms with Gasteiger partial charge in [0.2, 0.25) is 0 Å². The lowest BCUT2D eigenvalue weighted by atomic mass is 10.2. The summed E-state index contributed by atoms with van der Waals surface area (Å²) in [7, 11) is 1.57. The predicted octanol–water partition coefficient (Wildman–Crippen LogP) is 3.83. The van der Waals surface area contributed by atoms with Crippen LogP contribution in [-0.2, 0) is 4.79 Å². The maximum atomic E-state index is 13.7. The molecule has 1 aliphatic heterocycles. The molecule has 0 radical (unpaired) electrons. The van der Waals surface area contributed by atoms with Crippen LogP contribution in [0.15, 0.2) is 47.4 Å². The number of rotatable bonds is 6. The molecule has 0 aromatic heterocycles. The van der Waals surface area contributed by atoms with Crippen molar-refractivity contribution in [2.45, 2.75) is 12.4 Å². The van der Waals surface area contributed by atoms with Gasteiger partial charge < -0.3 is 20.1 Å². The number of hydrogen-bond acceptors (Lipinski definition) is 5. The van der Waals surface area contributed by atoms with Crippen LogP contribution in [-0.4, -0.2) is 25.1 Å². The van der Waals surface area contributed by atoms with E-state index in [0.29, 0.717) is 28.7 Å². The van der Waals surface area contributed by atoms with E-state index >= 15 is 0 Å². The van der Waals surface area contributed by atoms with E-state index in [1.165, 1.54) is 17.8 Å². The lowest BCUT2D eigenvalue weighted by Gasteiger charge is -2.13. The Balaban J connectivity index is 1.75. The fourth-order valence-electron chi connectivity index (χ4n) is 2.48. The molecule has 2 N–H and O–H groups in total. The topological polar surface area (TPSA) is 59.6 Å². The molecule has 0 bridgehead atoms. The number of halogens is 1. The van der Waals surface area contributed by atoms with E-state index in [2.05, 4.69) is 10.6 Å². The summed E-state index contributed by atoms with van der Waals surface area (Å²) in [5.41, 5.74) is 0.721. The minimum Gasteiger partial charge on any atom is -0.493 e. The average Bonchev–Trinajstić information content (AvgIpc) is 2.97. The minimum absolute atomic E-state index is 0.211. The number of carbonyl (C=O) groups excluding carboxylic acids is 1. The molecule has 5 nitrogen and oxygen atoms in total. The number of ether oxygens (including phenoxy) is 2. The molecule has 2 aromatic rings. The fourth-order valence-corrected chi connectivity index (χ4v) is 3.46. The zero-order valence-electron chi connectivity index (χ0n) is 14.4. The van der Waals surface area contributed by atoms with Crippen LogP contribution in [0.2, 0.25) is 0 Å². The summed E-state index contributed by atoms with van der Waals surface area (Å²) in [6, 6.07) is 11.8. The standard InChI is InChI=1S/C19H19FN2O3S/c1-3-25-15-9-8-12(10-16(15)24-2)11-17-18(23)22-19(26-17)21-14-7-5-4-6-13(14)20/h4-11,19,21H,3H2,1-2H3,(H,22,23)/b17-11-. The molecular weight excluding hydrogens is 355 g/mol. The normalized spacial score (nSPS) is 17.9. The first-order chi connectivity index (χ1) is 12.6. The Hall–Kier alpha value is -2.67. The maximum absolute atomic E-state index is 13.7. The highest BCUT2D eigenvalue weighted by atomic mass is 32.2. The number of methoxy groups -OCH3 is 1. The number of thioether (sulfide) groups is 1. The van der Waals surface area contributed by atoms with Gasteiger partial charge in [-0.25, -0.2) is 4.39 Å². The maximum Gasteiger partial charge on any atom is 0.260 e. The van der Waals surface area contributed by atoms with Crippen LogP contribution in [0, 0.1) is 5.82 Å². The van der Waals surface area contributed by atoms with Gasteiger partial charge in [-0.1, -0.05) is 30.0 Å². The van der Waals surface area contributed by atoms with Crippen LogP contribution in [0.3, 0.4) is 0 Å². The number of amides is 1. The SMILES string of the molecule is CCOc1ccc(/C=C2\SC(Nc3ccccc3F)NC2=O)cc1OC. The summed E-state index contributed by atoms with van der Waals surface area (Å²) in [5, 5.41) is 5.76. The Morgan fingerprint density at radius 1 is 1.27 bits per heavy atom. The van der Waals surface area contributed by atoms with Crippen molar-refractivity contribution < 1.29 is 18.7 Å². The Morgan fingerprint density at radius 3 is 2.81 bits per heavy atom. The van der Waals surface area contributed by atoms with Gasteiger partial charge in [0.15, 0.2) is 17.0 Å². The Labute approximate surface area is 155 Å². The van der Waals surface area contributed by atoms with Crippen LogP contribution in [0.1, 0.15) is 12.5 Å². The van der Waals surface area contributed by atoms with Crippen molar-refractivity contribution in [3.05, 3.63) is 58.8 Å². The molecular formula is C19H19FN2O3S. The van der Waals surface area contributed by atoms with E-state index in [1.54, 1.807) is 37.5 Å². The molecule has 0 spiro atoms. The van der Waals surface area contributed by atoms with Crippen LogP contribution in [0.5, 0.6) is 11.5 Å². The van der Waals surface area contributed by atoms with Gasteiger partial charge in [-0.15, -0.1) is 0 Å². The molecule has 3 rings (SSSR count). The molecule has 1 atom stereocenters. The first-order valence-electron chi connectivity index (χ1n) is 8.12. The van der Waals surface area contributed by atoms with E-state index in [-0.39, 0.29) is 11.7 Å². The van der Waals surface area contributed by atoms with E-state index < -0.39 is 5.50 Å². The van der Waals surface area contributed by atoms with E-state index in [4.69, 9.17) is 9.47 Å². The van der Waals surface area contributed by atoms with Crippen molar-refractivity contribution in [2.24, 2.45) is 0 Å². The third kappa shape index (κ3) is 4.11. The zero-order valence-corrected chi connectivity index (χ0v) is 15.2. The fraction of sp³-hybridized carbons (Fsp3) is 0.211. The second-order valence-electron chi connectivity index (χ2n) is 5.45. The lowest BCUT2D eigenvalue weighted by Crippen LogP contribution is -2.31. The predicted molar refractivity (Wildman–Crippen MR) is 102 cm³/mol. The molecule has 2 aromatic carbocycles. The van der Waals surface area contributed by atoms with Crippen molar-refractivity contribution in [1.82, 2.24) is 5.32 Å². The van der Waals surface area contributed by atoms with Crippen molar-refractivity contribution in [3.8, 4) is 11.5 Å². The number of hydrogen-bond donors (Lipinski definition) is 2. The molecule has 1 fully saturated rings. The monoisotopic (exact) mass is 374 g/mol. The van der Waals surface area contributed by atoms with Gasteiger partial charge >= 0.3 is 0 Å². The van der Waals surface area contributed by atoms with Crippen LogP contribution in [0.4, 0.5) is 10.1 Å². The van der Waals surface area contributed by atoms with Gasteiger partial charge in [-0.3, -0.25) is 4.79 Å². The number of benzene rings is 2. The minimum atomic E-state index is -0.435. The number of anilines is 1. The third-order valence-electron chi connectivity index (χ3n) is 3.68. The van der Waals surface area contributed by atoms with Gasteiger partial charge in [-0.2, -0.15) is 0 Å². The van der Waals surface area contributed by atoms with Gasteiger partial charge in [0.25, 0.3) is 5.91 Å². The Morgan fingerprint density at radius 2 is 2.08 bits per heavy atom. The van der Waals surface area contributed by atoms with E-state index in [9.17, 15) is 9.18 Å². The smallest absolute Gasteiger partial charge is 0.260 e. The lowest BCUT2D eigenvalue weighted by molar-refractivity contribution is -0.116. The van der Waals surface area contributed by atoms with Crippen molar-refractivity contribution in [2.75, 3.05) is 19.0 Å².